The SMILES string of the molecule is Cc1ncnc(N2CC(F)C2)c1-c1ccc(OC(C)(C)C)cc1F. The van der Waals surface area contributed by atoms with Crippen LogP contribution in [0.4, 0.5) is 14.6 Å². The maximum Gasteiger partial charge on any atom is 0.140 e. The average molecular weight is 333 g/mol. The monoisotopic (exact) mass is 333 g/mol. The number of benzene rings is 1. The van der Waals surface area contributed by atoms with Crippen LogP contribution in [0.15, 0.2) is 24.5 Å². The lowest BCUT2D eigenvalue weighted by Crippen LogP contribution is -2.49. The summed E-state index contributed by atoms with van der Waals surface area (Å²) in [6.07, 6.45) is 0.565. The first-order valence-corrected chi connectivity index (χ1v) is 7.94. The van der Waals surface area contributed by atoms with Gasteiger partial charge in [-0.25, -0.2) is 18.7 Å². The van der Waals surface area contributed by atoms with E-state index >= 15 is 0 Å². The van der Waals surface area contributed by atoms with E-state index in [-0.39, 0.29) is 13.1 Å². The summed E-state index contributed by atoms with van der Waals surface area (Å²) in [6.45, 7) is 8.06. The molecule has 128 valence electrons. The zero-order valence-electron chi connectivity index (χ0n) is 14.3. The summed E-state index contributed by atoms with van der Waals surface area (Å²) in [7, 11) is 0. The Morgan fingerprint density at radius 1 is 1.21 bits per heavy atom. The smallest absolute Gasteiger partial charge is 0.140 e. The minimum atomic E-state index is -0.861. The van der Waals surface area contributed by atoms with Gasteiger partial charge in [0.1, 0.15) is 35.5 Å². The molecule has 1 aliphatic rings. The van der Waals surface area contributed by atoms with Gasteiger partial charge in [-0.15, -0.1) is 0 Å². The number of halogens is 2. The Morgan fingerprint density at radius 3 is 2.50 bits per heavy atom. The van der Waals surface area contributed by atoms with Crippen LogP contribution in [0.5, 0.6) is 5.75 Å². The third-order valence-electron chi connectivity index (χ3n) is 3.79. The third-order valence-corrected chi connectivity index (χ3v) is 3.79. The summed E-state index contributed by atoms with van der Waals surface area (Å²) in [6, 6.07) is 4.76. The molecule has 1 aliphatic heterocycles. The molecule has 1 aromatic heterocycles. The molecule has 0 N–H and O–H groups in total. The quantitative estimate of drug-likeness (QED) is 0.853. The van der Waals surface area contributed by atoms with Crippen molar-refractivity contribution >= 4 is 5.82 Å². The average Bonchev–Trinajstić information content (AvgIpc) is 2.43. The highest BCUT2D eigenvalue weighted by atomic mass is 19.1. The second-order valence-corrected chi connectivity index (χ2v) is 7.02. The van der Waals surface area contributed by atoms with Crippen LogP contribution in [-0.2, 0) is 0 Å². The largest absolute Gasteiger partial charge is 0.488 e. The van der Waals surface area contributed by atoms with E-state index in [1.807, 2.05) is 20.8 Å². The number of anilines is 1. The van der Waals surface area contributed by atoms with E-state index in [9.17, 15) is 8.78 Å². The van der Waals surface area contributed by atoms with Gasteiger partial charge in [0.05, 0.1) is 18.8 Å². The Bertz CT molecular complexity index is 752. The van der Waals surface area contributed by atoms with Gasteiger partial charge in [0.2, 0.25) is 0 Å². The highest BCUT2D eigenvalue weighted by Gasteiger charge is 2.30. The van der Waals surface area contributed by atoms with Crippen LogP contribution in [0, 0.1) is 12.7 Å². The van der Waals surface area contributed by atoms with Crippen LogP contribution < -0.4 is 9.64 Å². The molecule has 2 aromatic rings. The van der Waals surface area contributed by atoms with Crippen LogP contribution in [0.3, 0.4) is 0 Å². The minimum Gasteiger partial charge on any atom is -0.488 e. The number of aryl methyl sites for hydroxylation is 1. The van der Waals surface area contributed by atoms with Gasteiger partial charge >= 0.3 is 0 Å². The van der Waals surface area contributed by atoms with Gasteiger partial charge in [-0.1, -0.05) is 0 Å². The highest BCUT2D eigenvalue weighted by molar-refractivity contribution is 5.79. The molecule has 0 bridgehead atoms. The lowest BCUT2D eigenvalue weighted by atomic mass is 10.0. The first kappa shape index (κ1) is 16.6. The van der Waals surface area contributed by atoms with E-state index in [1.165, 1.54) is 12.4 Å². The Morgan fingerprint density at radius 2 is 1.92 bits per heavy atom. The van der Waals surface area contributed by atoms with E-state index < -0.39 is 17.6 Å². The Balaban J connectivity index is 2.00. The highest BCUT2D eigenvalue weighted by Crippen LogP contribution is 2.36. The summed E-state index contributed by atoms with van der Waals surface area (Å²) in [5.74, 6) is 0.626. The number of nitrogens with zero attached hydrogens (tertiary/aromatic N) is 3. The fourth-order valence-corrected chi connectivity index (χ4v) is 2.73. The van der Waals surface area contributed by atoms with Crippen molar-refractivity contribution in [1.82, 2.24) is 9.97 Å². The van der Waals surface area contributed by atoms with Gasteiger partial charge in [-0.2, -0.15) is 0 Å². The maximum atomic E-state index is 14.7. The van der Waals surface area contributed by atoms with Crippen LogP contribution in [-0.4, -0.2) is 34.8 Å². The van der Waals surface area contributed by atoms with Crippen molar-refractivity contribution in [2.24, 2.45) is 0 Å². The Kier molecular flexibility index (Phi) is 4.15. The standard InChI is InChI=1S/C18H21F2N3O/c1-11-16(17(22-10-21-11)23-8-12(19)9-23)14-6-5-13(7-15(14)20)24-18(2,3)4/h5-7,10,12H,8-9H2,1-4H3. The molecule has 24 heavy (non-hydrogen) atoms. The molecule has 0 radical (unpaired) electrons. The minimum absolute atomic E-state index is 0.274. The van der Waals surface area contributed by atoms with Crippen molar-refractivity contribution in [2.45, 2.75) is 39.5 Å². The normalized spacial score (nSPS) is 15.3. The van der Waals surface area contributed by atoms with E-state index in [2.05, 4.69) is 9.97 Å². The number of aromatic nitrogens is 2. The number of rotatable bonds is 3. The van der Waals surface area contributed by atoms with E-state index in [0.717, 1.165) is 0 Å². The number of hydrogen-bond acceptors (Lipinski definition) is 4. The summed E-state index contributed by atoms with van der Waals surface area (Å²) in [5, 5.41) is 0. The van der Waals surface area contributed by atoms with Crippen LogP contribution in [0.25, 0.3) is 11.1 Å². The zero-order chi connectivity index (χ0) is 17.5. The summed E-state index contributed by atoms with van der Waals surface area (Å²) in [4.78, 5) is 10.2. The van der Waals surface area contributed by atoms with E-state index in [4.69, 9.17) is 4.74 Å². The van der Waals surface area contributed by atoms with Gasteiger partial charge in [0.15, 0.2) is 0 Å². The predicted octanol–water partition coefficient (Wildman–Crippen LogP) is 3.93. The van der Waals surface area contributed by atoms with E-state index in [0.29, 0.717) is 28.4 Å². The van der Waals surface area contributed by atoms with Crippen LogP contribution in [0.2, 0.25) is 0 Å². The molecule has 1 saturated heterocycles. The number of hydrogen-bond donors (Lipinski definition) is 0. The molecule has 0 atom stereocenters. The number of alkyl halides is 1. The molecular weight excluding hydrogens is 312 g/mol. The van der Waals surface area contributed by atoms with Crippen molar-refractivity contribution in [3.63, 3.8) is 0 Å². The van der Waals surface area contributed by atoms with Gasteiger partial charge < -0.3 is 9.64 Å². The Hall–Kier alpha value is -2.24. The predicted molar refractivity (Wildman–Crippen MR) is 89.7 cm³/mol. The number of ether oxygens (including phenoxy) is 1. The van der Waals surface area contributed by atoms with Crippen molar-refractivity contribution < 1.29 is 13.5 Å². The second kappa shape index (κ2) is 6.00. The molecule has 0 saturated carbocycles. The van der Waals surface area contributed by atoms with Gasteiger partial charge in [0.25, 0.3) is 0 Å². The molecule has 6 heteroatoms. The first-order chi connectivity index (χ1) is 11.2. The molecule has 2 heterocycles. The van der Waals surface area contributed by atoms with Gasteiger partial charge in [-0.05, 0) is 39.8 Å². The molecule has 4 nitrogen and oxygen atoms in total. The first-order valence-electron chi connectivity index (χ1n) is 7.94. The lowest BCUT2D eigenvalue weighted by Gasteiger charge is -2.36. The molecule has 0 unspecified atom stereocenters. The van der Waals surface area contributed by atoms with E-state index in [1.54, 1.807) is 24.0 Å². The fourth-order valence-electron chi connectivity index (χ4n) is 2.73. The zero-order valence-corrected chi connectivity index (χ0v) is 14.3. The molecule has 0 amide bonds. The second-order valence-electron chi connectivity index (χ2n) is 7.02. The summed E-state index contributed by atoms with van der Waals surface area (Å²) < 4.78 is 33.6. The van der Waals surface area contributed by atoms with Crippen molar-refractivity contribution in [3.8, 4) is 16.9 Å². The summed E-state index contributed by atoms with van der Waals surface area (Å²) in [5.41, 5.74) is 1.25. The molecule has 1 aromatic carbocycles. The van der Waals surface area contributed by atoms with Crippen LogP contribution in [0.1, 0.15) is 26.5 Å². The molecular formula is C18H21F2N3O. The molecule has 0 aliphatic carbocycles. The maximum absolute atomic E-state index is 14.7. The Labute approximate surface area is 140 Å². The summed E-state index contributed by atoms with van der Waals surface area (Å²) >= 11 is 0. The fraction of sp³-hybridized carbons (Fsp3) is 0.444. The van der Waals surface area contributed by atoms with Gasteiger partial charge in [0, 0.05) is 17.2 Å². The topological polar surface area (TPSA) is 38.2 Å². The van der Waals surface area contributed by atoms with Crippen molar-refractivity contribution in [1.29, 1.82) is 0 Å². The lowest BCUT2D eigenvalue weighted by molar-refractivity contribution is 0.130. The van der Waals surface area contributed by atoms with Crippen LogP contribution >= 0.6 is 0 Å². The third kappa shape index (κ3) is 3.32. The van der Waals surface area contributed by atoms with Gasteiger partial charge in [-0.3, -0.25) is 0 Å². The molecule has 0 spiro atoms. The van der Waals surface area contributed by atoms with Crippen molar-refractivity contribution in [3.05, 3.63) is 36.0 Å². The van der Waals surface area contributed by atoms with Crippen molar-refractivity contribution in [2.75, 3.05) is 18.0 Å². The molecule has 1 fully saturated rings. The molecule has 3 rings (SSSR count).